The van der Waals surface area contributed by atoms with Gasteiger partial charge in [0, 0.05) is 12.2 Å². The van der Waals surface area contributed by atoms with E-state index in [1.165, 1.54) is 25.5 Å². The molecule has 1 amide bonds. The first-order valence-electron chi connectivity index (χ1n) is 9.99. The third-order valence-electron chi connectivity index (χ3n) is 5.65. The van der Waals surface area contributed by atoms with Gasteiger partial charge in [0.25, 0.3) is 5.91 Å². The summed E-state index contributed by atoms with van der Waals surface area (Å²) in [4.78, 5) is 27.3. The van der Waals surface area contributed by atoms with Gasteiger partial charge in [-0.2, -0.15) is 0 Å². The molecule has 0 N–H and O–H groups in total. The second-order valence-electron chi connectivity index (χ2n) is 7.44. The molecule has 2 heterocycles. The number of amides is 1. The highest BCUT2D eigenvalue weighted by Gasteiger charge is 2.36. The van der Waals surface area contributed by atoms with Crippen LogP contribution in [-0.4, -0.2) is 37.2 Å². The fourth-order valence-electron chi connectivity index (χ4n) is 4.05. The minimum atomic E-state index is -0.498. The maximum Gasteiger partial charge on any atom is 0.340 e. The zero-order chi connectivity index (χ0) is 20.4. The lowest BCUT2D eigenvalue weighted by atomic mass is 9.97. The molecule has 0 radical (unpaired) electrons. The minimum absolute atomic E-state index is 0.169. The van der Waals surface area contributed by atoms with Crippen molar-refractivity contribution in [3.8, 4) is 11.5 Å². The second-order valence-corrected chi connectivity index (χ2v) is 7.44. The fourth-order valence-corrected chi connectivity index (χ4v) is 4.05. The molecule has 2 aliphatic heterocycles. The molecule has 1 aromatic rings. The highest BCUT2D eigenvalue weighted by molar-refractivity contribution is 6.16. The highest BCUT2D eigenvalue weighted by Crippen LogP contribution is 2.36. The Morgan fingerprint density at radius 2 is 2.07 bits per heavy atom. The van der Waals surface area contributed by atoms with E-state index in [9.17, 15) is 9.59 Å². The lowest BCUT2D eigenvalue weighted by Crippen LogP contribution is -2.26. The number of methoxy groups -OCH3 is 1. The average Bonchev–Trinajstić information content (AvgIpc) is 3.29. The predicted octanol–water partition coefficient (Wildman–Crippen LogP) is 3.98. The van der Waals surface area contributed by atoms with Crippen molar-refractivity contribution in [2.45, 2.75) is 39.0 Å². The van der Waals surface area contributed by atoms with Crippen LogP contribution in [-0.2, 0) is 14.3 Å². The molecule has 0 bridgehead atoms. The summed E-state index contributed by atoms with van der Waals surface area (Å²) in [7, 11) is 1.33. The van der Waals surface area contributed by atoms with Crippen molar-refractivity contribution in [3.05, 3.63) is 52.3 Å². The normalized spacial score (nSPS) is 19.8. The van der Waals surface area contributed by atoms with E-state index in [1.54, 1.807) is 24.0 Å². The predicted molar refractivity (Wildman–Crippen MR) is 108 cm³/mol. The van der Waals surface area contributed by atoms with Crippen molar-refractivity contribution >= 4 is 18.0 Å². The third-order valence-corrected chi connectivity index (χ3v) is 5.65. The summed E-state index contributed by atoms with van der Waals surface area (Å²) in [6.45, 7) is 2.56. The van der Waals surface area contributed by atoms with Crippen LogP contribution >= 0.6 is 0 Å². The monoisotopic (exact) mass is 395 g/mol. The molecule has 3 aliphatic rings. The number of rotatable bonds is 5. The molecule has 6 nitrogen and oxygen atoms in total. The van der Waals surface area contributed by atoms with E-state index in [4.69, 9.17) is 14.2 Å². The number of esters is 1. The van der Waals surface area contributed by atoms with Gasteiger partial charge < -0.3 is 19.1 Å². The Hall–Kier alpha value is -3.02. The van der Waals surface area contributed by atoms with E-state index < -0.39 is 5.97 Å². The first-order valence-corrected chi connectivity index (χ1v) is 9.99. The van der Waals surface area contributed by atoms with Gasteiger partial charge in [-0.3, -0.25) is 4.79 Å². The van der Waals surface area contributed by atoms with E-state index in [0.717, 1.165) is 24.8 Å². The largest absolute Gasteiger partial charge is 0.465 e. The molecule has 0 atom stereocenters. The number of hydrogen-bond donors (Lipinski definition) is 0. The van der Waals surface area contributed by atoms with Crippen LogP contribution in [0.3, 0.4) is 0 Å². The topological polar surface area (TPSA) is 65.1 Å². The van der Waals surface area contributed by atoms with Gasteiger partial charge in [-0.05, 0) is 62.8 Å². The number of benzene rings is 1. The zero-order valence-electron chi connectivity index (χ0n) is 16.8. The fraction of sp³-hybridized carbons (Fsp3) is 0.391. The smallest absolute Gasteiger partial charge is 0.340 e. The summed E-state index contributed by atoms with van der Waals surface area (Å²) in [5, 5.41) is 0. The summed E-state index contributed by atoms with van der Waals surface area (Å²) >= 11 is 0. The van der Waals surface area contributed by atoms with Crippen molar-refractivity contribution in [2.24, 2.45) is 0 Å². The Balaban J connectivity index is 1.62. The van der Waals surface area contributed by atoms with Gasteiger partial charge in [0.05, 0.1) is 18.3 Å². The summed E-state index contributed by atoms with van der Waals surface area (Å²) in [5.74, 6) is 0.637. The second kappa shape index (κ2) is 8.15. The van der Waals surface area contributed by atoms with Crippen molar-refractivity contribution in [3.63, 3.8) is 0 Å². The Morgan fingerprint density at radius 3 is 2.83 bits per heavy atom. The molecule has 0 saturated carbocycles. The first kappa shape index (κ1) is 19.3. The van der Waals surface area contributed by atoms with E-state index in [-0.39, 0.29) is 12.7 Å². The van der Waals surface area contributed by atoms with Gasteiger partial charge in [0.15, 0.2) is 11.5 Å². The Kier molecular flexibility index (Phi) is 5.43. The molecule has 4 rings (SSSR count). The lowest BCUT2D eigenvalue weighted by molar-refractivity contribution is -0.136. The van der Waals surface area contributed by atoms with Crippen LogP contribution in [0.15, 0.2) is 46.7 Å². The standard InChI is InChI=1S/C23H25NO5/c1-15-21(23(26)27-2)18(12-17-8-9-19-20(13-17)29-14-28-19)22(25)24(15)11-10-16-6-4-3-5-7-16/h6,8-9,12-13H,3-5,7,10-11,14H2,1-2H3. The quantitative estimate of drug-likeness (QED) is 0.429. The number of allylic oxidation sites excluding steroid dienone is 2. The van der Waals surface area contributed by atoms with Crippen LogP contribution in [0.5, 0.6) is 11.5 Å². The number of hydrogen-bond acceptors (Lipinski definition) is 5. The van der Waals surface area contributed by atoms with Crippen LogP contribution in [0.1, 0.15) is 44.6 Å². The Bertz CT molecular complexity index is 941. The van der Waals surface area contributed by atoms with Crippen LogP contribution in [0.4, 0.5) is 0 Å². The molecule has 6 heteroatoms. The van der Waals surface area contributed by atoms with Gasteiger partial charge in [0.1, 0.15) is 0 Å². The first-order chi connectivity index (χ1) is 14.1. The summed E-state index contributed by atoms with van der Waals surface area (Å²) in [5.41, 5.74) is 3.48. The Labute approximate surface area is 170 Å². The van der Waals surface area contributed by atoms with Gasteiger partial charge in [-0.1, -0.05) is 17.7 Å². The van der Waals surface area contributed by atoms with Gasteiger partial charge in [0.2, 0.25) is 6.79 Å². The van der Waals surface area contributed by atoms with Gasteiger partial charge in [-0.15, -0.1) is 0 Å². The third kappa shape index (κ3) is 3.79. The van der Waals surface area contributed by atoms with Crippen molar-refractivity contribution in [1.29, 1.82) is 0 Å². The molecule has 0 spiro atoms. The maximum absolute atomic E-state index is 13.2. The summed E-state index contributed by atoms with van der Waals surface area (Å²) < 4.78 is 15.7. The minimum Gasteiger partial charge on any atom is -0.465 e. The lowest BCUT2D eigenvalue weighted by Gasteiger charge is -2.20. The van der Waals surface area contributed by atoms with E-state index in [1.807, 2.05) is 12.1 Å². The maximum atomic E-state index is 13.2. The number of nitrogens with zero attached hydrogens (tertiary/aromatic N) is 1. The number of carbonyl (C=O) groups is 2. The molecule has 0 unspecified atom stereocenters. The molecule has 0 saturated heterocycles. The summed E-state index contributed by atoms with van der Waals surface area (Å²) in [6.07, 6.45) is 9.48. The van der Waals surface area contributed by atoms with E-state index in [0.29, 0.717) is 34.9 Å². The van der Waals surface area contributed by atoms with Crippen LogP contribution in [0.25, 0.3) is 6.08 Å². The number of carbonyl (C=O) groups excluding carboxylic acids is 2. The molecule has 0 aromatic heterocycles. The molecule has 1 aliphatic carbocycles. The van der Waals surface area contributed by atoms with Crippen molar-refractivity contribution < 1.29 is 23.8 Å². The zero-order valence-corrected chi connectivity index (χ0v) is 16.8. The summed E-state index contributed by atoms with van der Waals surface area (Å²) in [6, 6.07) is 5.45. The molecular weight excluding hydrogens is 370 g/mol. The van der Waals surface area contributed by atoms with Crippen molar-refractivity contribution in [2.75, 3.05) is 20.4 Å². The van der Waals surface area contributed by atoms with Crippen LogP contribution in [0, 0.1) is 0 Å². The number of ether oxygens (including phenoxy) is 3. The molecule has 0 fully saturated rings. The molecule has 152 valence electrons. The Morgan fingerprint density at radius 1 is 1.24 bits per heavy atom. The number of fused-ring (bicyclic) bond motifs is 1. The van der Waals surface area contributed by atoms with Gasteiger partial charge in [-0.25, -0.2) is 4.79 Å². The molecule has 1 aromatic carbocycles. The highest BCUT2D eigenvalue weighted by atomic mass is 16.7. The SMILES string of the molecule is COC(=O)C1=C(C)N(CCC2=CCCCC2)C(=O)C1=Cc1ccc2c(c1)OCO2. The van der Waals surface area contributed by atoms with E-state index in [2.05, 4.69) is 6.08 Å². The molecular formula is C23H25NO5. The van der Waals surface area contributed by atoms with Crippen molar-refractivity contribution in [1.82, 2.24) is 4.90 Å². The van der Waals surface area contributed by atoms with E-state index >= 15 is 0 Å². The van der Waals surface area contributed by atoms with Crippen LogP contribution in [0.2, 0.25) is 0 Å². The average molecular weight is 395 g/mol. The molecule has 29 heavy (non-hydrogen) atoms. The van der Waals surface area contributed by atoms with Crippen LogP contribution < -0.4 is 9.47 Å². The van der Waals surface area contributed by atoms with Gasteiger partial charge >= 0.3 is 5.97 Å².